The molecule has 0 fully saturated rings. The first-order valence-electron chi connectivity index (χ1n) is 9.40. The molecule has 1 N–H and O–H groups in total. The first kappa shape index (κ1) is 23.1. The fourth-order valence-corrected chi connectivity index (χ4v) is 3.63. The van der Waals surface area contributed by atoms with Crippen LogP contribution in [0.25, 0.3) is 11.0 Å². The number of carbonyl (C=O) groups is 1. The van der Waals surface area contributed by atoms with Gasteiger partial charge in [0.15, 0.2) is 5.16 Å². The van der Waals surface area contributed by atoms with Gasteiger partial charge in [0, 0.05) is 6.54 Å². The zero-order chi connectivity index (χ0) is 22.0. The van der Waals surface area contributed by atoms with Gasteiger partial charge in [-0.05, 0) is 44.4 Å². The SMILES string of the molecule is CCCn1c(SC(C)C(=O)NC(C)(C#N)C(C)C)nc2ccc(C(F)(F)F)cc21. The predicted molar refractivity (Wildman–Crippen MR) is 107 cm³/mol. The first-order valence-corrected chi connectivity index (χ1v) is 10.3. The third-order valence-electron chi connectivity index (χ3n) is 4.91. The fraction of sp³-hybridized carbons (Fsp3) is 0.550. The molecule has 0 aliphatic rings. The maximum absolute atomic E-state index is 13.1. The van der Waals surface area contributed by atoms with E-state index in [-0.39, 0.29) is 11.8 Å². The Labute approximate surface area is 172 Å². The number of aryl methyl sites for hydroxylation is 1. The van der Waals surface area contributed by atoms with Crippen molar-refractivity contribution in [3.8, 4) is 6.07 Å². The number of amides is 1. The van der Waals surface area contributed by atoms with Crippen molar-refractivity contribution >= 4 is 28.7 Å². The van der Waals surface area contributed by atoms with Gasteiger partial charge in [0.2, 0.25) is 5.91 Å². The molecule has 9 heteroatoms. The summed E-state index contributed by atoms with van der Waals surface area (Å²) in [6.07, 6.45) is -3.73. The Balaban J connectivity index is 2.34. The number of nitriles is 1. The van der Waals surface area contributed by atoms with Gasteiger partial charge in [-0.15, -0.1) is 0 Å². The van der Waals surface area contributed by atoms with E-state index in [9.17, 15) is 23.2 Å². The van der Waals surface area contributed by atoms with Crippen LogP contribution in [0.1, 0.15) is 46.6 Å². The maximum atomic E-state index is 13.1. The van der Waals surface area contributed by atoms with Crippen LogP contribution in [0.5, 0.6) is 0 Å². The number of nitrogens with zero attached hydrogens (tertiary/aromatic N) is 3. The molecule has 0 saturated carbocycles. The van der Waals surface area contributed by atoms with Crippen molar-refractivity contribution < 1.29 is 18.0 Å². The van der Waals surface area contributed by atoms with Crippen LogP contribution in [0.4, 0.5) is 13.2 Å². The van der Waals surface area contributed by atoms with Crippen molar-refractivity contribution in [2.75, 3.05) is 0 Å². The molecule has 5 nitrogen and oxygen atoms in total. The fourth-order valence-electron chi connectivity index (χ4n) is 2.68. The zero-order valence-corrected chi connectivity index (χ0v) is 17.9. The van der Waals surface area contributed by atoms with E-state index < -0.39 is 22.5 Å². The van der Waals surface area contributed by atoms with Crippen LogP contribution in [0.2, 0.25) is 0 Å². The molecule has 0 aliphatic heterocycles. The van der Waals surface area contributed by atoms with Crippen molar-refractivity contribution in [3.63, 3.8) is 0 Å². The predicted octanol–water partition coefficient (Wildman–Crippen LogP) is 5.00. The Bertz CT molecular complexity index is 932. The Morgan fingerprint density at radius 1 is 1.34 bits per heavy atom. The number of fused-ring (bicyclic) bond motifs is 1. The number of imidazole rings is 1. The van der Waals surface area contributed by atoms with Gasteiger partial charge >= 0.3 is 6.18 Å². The molecule has 0 saturated heterocycles. The van der Waals surface area contributed by atoms with E-state index in [1.807, 2.05) is 20.8 Å². The lowest BCUT2D eigenvalue weighted by atomic mass is 9.90. The summed E-state index contributed by atoms with van der Waals surface area (Å²) in [5, 5.41) is 12.1. The van der Waals surface area contributed by atoms with Crippen molar-refractivity contribution in [2.24, 2.45) is 5.92 Å². The van der Waals surface area contributed by atoms with E-state index >= 15 is 0 Å². The van der Waals surface area contributed by atoms with Crippen molar-refractivity contribution in [1.29, 1.82) is 5.26 Å². The van der Waals surface area contributed by atoms with Crippen LogP contribution < -0.4 is 5.32 Å². The third kappa shape index (κ3) is 5.04. The second-order valence-electron chi connectivity index (χ2n) is 7.47. The minimum atomic E-state index is -4.44. The summed E-state index contributed by atoms with van der Waals surface area (Å²) in [4.78, 5) is 17.1. The molecule has 0 radical (unpaired) electrons. The molecule has 2 aromatic rings. The Morgan fingerprint density at radius 2 is 2.00 bits per heavy atom. The summed E-state index contributed by atoms with van der Waals surface area (Å²) >= 11 is 1.17. The molecule has 0 aliphatic carbocycles. The summed E-state index contributed by atoms with van der Waals surface area (Å²) in [5.41, 5.74) is -0.894. The van der Waals surface area contributed by atoms with Crippen molar-refractivity contribution in [1.82, 2.24) is 14.9 Å². The number of carbonyl (C=O) groups excluding carboxylic acids is 1. The van der Waals surface area contributed by atoms with Gasteiger partial charge in [0.1, 0.15) is 5.54 Å². The van der Waals surface area contributed by atoms with E-state index in [0.29, 0.717) is 29.2 Å². The number of benzene rings is 1. The van der Waals surface area contributed by atoms with Crippen LogP contribution >= 0.6 is 11.8 Å². The highest BCUT2D eigenvalue weighted by Gasteiger charge is 2.33. The standard InChI is InChI=1S/C20H25F3N4OS/c1-6-9-27-16-10-14(20(21,22)23)7-8-15(16)25-18(27)29-13(4)17(28)26-19(5,11-24)12(2)3/h7-8,10,12-13H,6,9H2,1-5H3,(H,26,28). The largest absolute Gasteiger partial charge is 0.416 e. The van der Waals surface area contributed by atoms with Gasteiger partial charge in [-0.1, -0.05) is 32.5 Å². The lowest BCUT2D eigenvalue weighted by Crippen LogP contribution is -2.51. The summed E-state index contributed by atoms with van der Waals surface area (Å²) in [6.45, 7) is 9.45. The smallest absolute Gasteiger partial charge is 0.337 e. The Hall–Kier alpha value is -2.21. The molecular formula is C20H25F3N4OS. The van der Waals surface area contributed by atoms with Crippen molar-refractivity contribution in [3.05, 3.63) is 23.8 Å². The normalized spacial score (nSPS) is 15.2. The minimum Gasteiger partial charge on any atom is -0.337 e. The summed E-state index contributed by atoms with van der Waals surface area (Å²) in [6, 6.07) is 5.59. The van der Waals surface area contributed by atoms with Crippen LogP contribution in [0.3, 0.4) is 0 Å². The number of rotatable bonds is 7. The number of hydrogen-bond acceptors (Lipinski definition) is 4. The highest BCUT2D eigenvalue weighted by molar-refractivity contribution is 8.00. The highest BCUT2D eigenvalue weighted by atomic mass is 32.2. The van der Waals surface area contributed by atoms with Crippen molar-refractivity contribution in [2.45, 2.75) is 69.7 Å². The topological polar surface area (TPSA) is 70.7 Å². The molecule has 158 valence electrons. The van der Waals surface area contributed by atoms with E-state index in [1.54, 1.807) is 18.4 Å². The number of nitrogens with one attached hydrogen (secondary N) is 1. The maximum Gasteiger partial charge on any atom is 0.416 e. The zero-order valence-electron chi connectivity index (χ0n) is 17.1. The Morgan fingerprint density at radius 3 is 2.52 bits per heavy atom. The van der Waals surface area contributed by atoms with Gasteiger partial charge in [0.25, 0.3) is 0 Å². The molecule has 1 aromatic carbocycles. The monoisotopic (exact) mass is 426 g/mol. The van der Waals surface area contributed by atoms with Gasteiger partial charge in [-0.3, -0.25) is 4.79 Å². The molecule has 29 heavy (non-hydrogen) atoms. The van der Waals surface area contributed by atoms with E-state index in [2.05, 4.69) is 16.4 Å². The lowest BCUT2D eigenvalue weighted by molar-refractivity contribution is -0.137. The first-order chi connectivity index (χ1) is 13.4. The van der Waals surface area contributed by atoms with Crippen LogP contribution in [-0.2, 0) is 17.5 Å². The molecule has 1 aromatic heterocycles. The average Bonchev–Trinajstić information content (AvgIpc) is 2.97. The van der Waals surface area contributed by atoms with Crippen LogP contribution in [0, 0.1) is 17.2 Å². The molecule has 2 atom stereocenters. The molecule has 0 bridgehead atoms. The summed E-state index contributed by atoms with van der Waals surface area (Å²) < 4.78 is 41.0. The van der Waals surface area contributed by atoms with E-state index in [4.69, 9.17) is 0 Å². The quantitative estimate of drug-likeness (QED) is 0.633. The second kappa shape index (κ2) is 8.66. The molecule has 1 amide bonds. The number of alkyl halides is 3. The highest BCUT2D eigenvalue weighted by Crippen LogP contribution is 2.34. The van der Waals surface area contributed by atoms with Gasteiger partial charge < -0.3 is 9.88 Å². The van der Waals surface area contributed by atoms with Gasteiger partial charge in [-0.2, -0.15) is 18.4 Å². The molecular weight excluding hydrogens is 401 g/mol. The molecule has 2 rings (SSSR count). The van der Waals surface area contributed by atoms with Gasteiger partial charge in [-0.25, -0.2) is 4.98 Å². The lowest BCUT2D eigenvalue weighted by Gasteiger charge is -2.28. The molecule has 1 heterocycles. The second-order valence-corrected chi connectivity index (χ2v) is 8.77. The number of thioether (sulfide) groups is 1. The van der Waals surface area contributed by atoms with Crippen LogP contribution in [-0.4, -0.2) is 26.2 Å². The van der Waals surface area contributed by atoms with E-state index in [1.165, 1.54) is 17.8 Å². The van der Waals surface area contributed by atoms with Gasteiger partial charge in [0.05, 0.1) is 27.9 Å². The summed E-state index contributed by atoms with van der Waals surface area (Å²) in [7, 11) is 0. The molecule has 2 unspecified atom stereocenters. The number of halogens is 3. The van der Waals surface area contributed by atoms with E-state index in [0.717, 1.165) is 12.1 Å². The Kier molecular flexibility index (Phi) is 6.89. The minimum absolute atomic E-state index is 0.0842. The average molecular weight is 427 g/mol. The number of aromatic nitrogens is 2. The van der Waals surface area contributed by atoms with Crippen LogP contribution in [0.15, 0.2) is 23.4 Å². The third-order valence-corrected chi connectivity index (χ3v) is 6.00. The molecule has 0 spiro atoms. The summed E-state index contributed by atoms with van der Waals surface area (Å²) in [5.74, 6) is -0.405. The number of hydrogen-bond donors (Lipinski definition) is 1.